The van der Waals surface area contributed by atoms with Crippen LogP contribution < -0.4 is 5.46 Å². The molecule has 2 aliphatic rings. The molecule has 0 saturated carbocycles. The van der Waals surface area contributed by atoms with Gasteiger partial charge in [0.05, 0.1) is 5.41 Å². The number of hydrogen-bond donors (Lipinski definition) is 2. The summed E-state index contributed by atoms with van der Waals surface area (Å²) in [6, 6.07) is 31.3. The summed E-state index contributed by atoms with van der Waals surface area (Å²) in [5.74, 6) is 0. The maximum atomic E-state index is 10.3. The summed E-state index contributed by atoms with van der Waals surface area (Å²) >= 11 is 1.78. The van der Waals surface area contributed by atoms with Gasteiger partial charge in [0, 0.05) is 9.79 Å². The fourth-order valence-electron chi connectivity index (χ4n) is 5.16. The van der Waals surface area contributed by atoms with Crippen LogP contribution in [-0.2, 0) is 5.41 Å². The highest BCUT2D eigenvalue weighted by Gasteiger charge is 2.51. The molecule has 4 aromatic rings. The lowest BCUT2D eigenvalue weighted by Crippen LogP contribution is -2.42. The van der Waals surface area contributed by atoms with Gasteiger partial charge >= 0.3 is 7.12 Å². The normalized spacial score (nSPS) is 14.7. The van der Waals surface area contributed by atoms with E-state index in [-0.39, 0.29) is 0 Å². The average Bonchev–Trinajstić information content (AvgIpc) is 3.06. The zero-order valence-electron chi connectivity index (χ0n) is 15.5. The lowest BCUT2D eigenvalue weighted by Gasteiger charge is -2.40. The van der Waals surface area contributed by atoms with E-state index in [1.807, 2.05) is 12.1 Å². The molecule has 0 fully saturated rings. The Morgan fingerprint density at radius 3 is 1.79 bits per heavy atom. The molecule has 0 amide bonds. The Labute approximate surface area is 174 Å². The number of benzene rings is 4. The van der Waals surface area contributed by atoms with Crippen molar-refractivity contribution in [3.05, 3.63) is 113 Å². The van der Waals surface area contributed by atoms with Crippen LogP contribution in [0.4, 0.5) is 0 Å². The Bertz CT molecular complexity index is 1240. The molecule has 1 heterocycles. The fraction of sp³-hybridized carbons (Fsp3) is 0.0400. The van der Waals surface area contributed by atoms with E-state index in [1.165, 1.54) is 26.5 Å². The fourth-order valence-corrected chi connectivity index (χ4v) is 6.35. The van der Waals surface area contributed by atoms with Crippen LogP contribution in [-0.4, -0.2) is 17.2 Å². The third kappa shape index (κ3) is 2.11. The van der Waals surface area contributed by atoms with E-state index in [4.69, 9.17) is 0 Å². The third-order valence-corrected chi connectivity index (χ3v) is 7.32. The van der Waals surface area contributed by atoms with Crippen molar-refractivity contribution in [2.75, 3.05) is 0 Å². The lowest BCUT2D eigenvalue weighted by atomic mass is 9.62. The molecule has 4 aromatic carbocycles. The second kappa shape index (κ2) is 6.10. The monoisotopic (exact) mass is 392 g/mol. The second-order valence-electron chi connectivity index (χ2n) is 7.53. The molecule has 0 aromatic heterocycles. The first-order chi connectivity index (χ1) is 14.2. The molecule has 0 radical (unpaired) electrons. The molecule has 2 nitrogen and oxygen atoms in total. The number of fused-ring (bicyclic) bond motifs is 9. The molecule has 29 heavy (non-hydrogen) atoms. The Morgan fingerprint density at radius 2 is 1.14 bits per heavy atom. The summed E-state index contributed by atoms with van der Waals surface area (Å²) in [5, 5.41) is 20.7. The Kier molecular flexibility index (Phi) is 3.60. The third-order valence-electron chi connectivity index (χ3n) is 6.17. The van der Waals surface area contributed by atoms with Crippen molar-refractivity contribution in [3.8, 4) is 11.1 Å². The van der Waals surface area contributed by atoms with Gasteiger partial charge in [-0.25, -0.2) is 0 Å². The van der Waals surface area contributed by atoms with Crippen molar-refractivity contribution in [3.63, 3.8) is 0 Å². The Morgan fingerprint density at radius 1 is 0.586 bits per heavy atom. The summed E-state index contributed by atoms with van der Waals surface area (Å²) in [5.41, 5.74) is 6.80. The summed E-state index contributed by atoms with van der Waals surface area (Å²) < 4.78 is 0. The first-order valence-electron chi connectivity index (χ1n) is 9.69. The lowest BCUT2D eigenvalue weighted by molar-refractivity contribution is 0.425. The largest absolute Gasteiger partial charge is 0.488 e. The van der Waals surface area contributed by atoms with Crippen molar-refractivity contribution in [2.24, 2.45) is 0 Å². The molecule has 0 saturated heterocycles. The Balaban J connectivity index is 1.88. The van der Waals surface area contributed by atoms with Crippen LogP contribution in [0.3, 0.4) is 0 Å². The molecule has 1 aliphatic heterocycles. The first-order valence-corrected chi connectivity index (χ1v) is 10.5. The molecule has 1 spiro atoms. The zero-order chi connectivity index (χ0) is 19.6. The highest BCUT2D eigenvalue weighted by molar-refractivity contribution is 7.99. The molecule has 4 heteroatoms. The van der Waals surface area contributed by atoms with E-state index in [1.54, 1.807) is 11.8 Å². The minimum Gasteiger partial charge on any atom is -0.423 e. The molecule has 1 aliphatic carbocycles. The van der Waals surface area contributed by atoms with Gasteiger partial charge < -0.3 is 10.0 Å². The molecule has 0 unspecified atom stereocenters. The molecular weight excluding hydrogens is 375 g/mol. The van der Waals surface area contributed by atoms with E-state index in [0.29, 0.717) is 5.46 Å². The van der Waals surface area contributed by atoms with Gasteiger partial charge in [-0.15, -0.1) is 0 Å². The Hall–Kier alpha value is -2.79. The molecular formula is C25H17BO2S. The van der Waals surface area contributed by atoms with Gasteiger partial charge in [-0.1, -0.05) is 90.6 Å². The molecule has 6 rings (SSSR count). The van der Waals surface area contributed by atoms with Gasteiger partial charge in [-0.2, -0.15) is 0 Å². The van der Waals surface area contributed by atoms with Crippen LogP contribution in [0.25, 0.3) is 11.1 Å². The SMILES string of the molecule is OB(O)c1cccc2c1C1(c3ccccc3Sc3ccccc31)c1ccccc1-2. The predicted molar refractivity (Wildman–Crippen MR) is 118 cm³/mol. The quantitative estimate of drug-likeness (QED) is 0.412. The van der Waals surface area contributed by atoms with E-state index in [9.17, 15) is 10.0 Å². The summed E-state index contributed by atoms with van der Waals surface area (Å²) in [4.78, 5) is 2.41. The number of rotatable bonds is 1. The van der Waals surface area contributed by atoms with Crippen molar-refractivity contribution < 1.29 is 10.0 Å². The van der Waals surface area contributed by atoms with Gasteiger partial charge in [-0.05, 0) is 51.0 Å². The average molecular weight is 392 g/mol. The van der Waals surface area contributed by atoms with Crippen LogP contribution >= 0.6 is 11.8 Å². The molecule has 138 valence electrons. The predicted octanol–water partition coefficient (Wildman–Crippen LogP) is 4.19. The van der Waals surface area contributed by atoms with E-state index >= 15 is 0 Å². The highest BCUT2D eigenvalue weighted by atomic mass is 32.2. The maximum absolute atomic E-state index is 10.3. The minimum atomic E-state index is -1.54. The van der Waals surface area contributed by atoms with E-state index < -0.39 is 12.5 Å². The van der Waals surface area contributed by atoms with Gasteiger partial charge in [0.2, 0.25) is 0 Å². The van der Waals surface area contributed by atoms with Gasteiger partial charge in [0.1, 0.15) is 0 Å². The highest BCUT2D eigenvalue weighted by Crippen LogP contribution is 2.61. The van der Waals surface area contributed by atoms with Crippen molar-refractivity contribution in [2.45, 2.75) is 15.2 Å². The van der Waals surface area contributed by atoms with Crippen LogP contribution in [0.1, 0.15) is 22.3 Å². The maximum Gasteiger partial charge on any atom is 0.488 e. The first kappa shape index (κ1) is 17.1. The summed E-state index contributed by atoms with van der Waals surface area (Å²) in [6.45, 7) is 0. The second-order valence-corrected chi connectivity index (χ2v) is 8.62. The standard InChI is InChI=1S/C25H17BO2S/c27-26(28)21-13-7-9-17-16-8-1-2-10-18(16)25(24(17)21)19-11-3-5-14-22(19)29-23-15-6-4-12-20(23)25/h1-15,27-28H. The van der Waals surface area contributed by atoms with E-state index in [2.05, 4.69) is 78.9 Å². The summed E-state index contributed by atoms with van der Waals surface area (Å²) in [6.07, 6.45) is 0. The van der Waals surface area contributed by atoms with Gasteiger partial charge in [-0.3, -0.25) is 0 Å². The molecule has 0 bridgehead atoms. The van der Waals surface area contributed by atoms with Crippen molar-refractivity contribution in [1.29, 1.82) is 0 Å². The van der Waals surface area contributed by atoms with Gasteiger partial charge in [0.15, 0.2) is 0 Å². The smallest absolute Gasteiger partial charge is 0.423 e. The van der Waals surface area contributed by atoms with Crippen LogP contribution in [0, 0.1) is 0 Å². The molecule has 0 atom stereocenters. The van der Waals surface area contributed by atoms with Crippen LogP contribution in [0.5, 0.6) is 0 Å². The topological polar surface area (TPSA) is 40.5 Å². The van der Waals surface area contributed by atoms with Crippen LogP contribution in [0.15, 0.2) is 101 Å². The summed E-state index contributed by atoms with van der Waals surface area (Å²) in [7, 11) is -1.54. The number of hydrogen-bond acceptors (Lipinski definition) is 3. The van der Waals surface area contributed by atoms with Gasteiger partial charge in [0.25, 0.3) is 0 Å². The molecule has 2 N–H and O–H groups in total. The van der Waals surface area contributed by atoms with Crippen molar-refractivity contribution >= 4 is 24.3 Å². The van der Waals surface area contributed by atoms with Crippen LogP contribution in [0.2, 0.25) is 0 Å². The minimum absolute atomic E-state index is 0.565. The van der Waals surface area contributed by atoms with E-state index in [0.717, 1.165) is 16.7 Å². The van der Waals surface area contributed by atoms with Crippen molar-refractivity contribution in [1.82, 2.24) is 0 Å². The zero-order valence-corrected chi connectivity index (χ0v) is 16.4.